The lowest BCUT2D eigenvalue weighted by Gasteiger charge is -2.27. The number of hydrazone groups is 1. The predicted molar refractivity (Wildman–Crippen MR) is 95.5 cm³/mol. The van der Waals surface area contributed by atoms with E-state index >= 15 is 0 Å². The molecule has 146 valence electrons. The van der Waals surface area contributed by atoms with Crippen molar-refractivity contribution in [3.63, 3.8) is 0 Å². The molecule has 12 heteroatoms. The lowest BCUT2D eigenvalue weighted by molar-refractivity contribution is -0.385. The summed E-state index contributed by atoms with van der Waals surface area (Å²) < 4.78 is 29.7. The summed E-state index contributed by atoms with van der Waals surface area (Å²) in [5.74, 6) is 0.337. The molecule has 0 saturated carbocycles. The Morgan fingerprint density at radius 1 is 1.29 bits per heavy atom. The molecule has 0 spiro atoms. The quantitative estimate of drug-likeness (QED) is 0.460. The van der Waals surface area contributed by atoms with E-state index in [2.05, 4.69) is 20.5 Å². The molecule has 0 aliphatic carbocycles. The number of benzene rings is 1. The summed E-state index contributed by atoms with van der Waals surface area (Å²) in [6.07, 6.45) is 2.28. The Kier molecular flexibility index (Phi) is 4.85. The largest absolute Gasteiger partial charge is 0.454 e. The van der Waals surface area contributed by atoms with Crippen LogP contribution >= 0.6 is 0 Å². The maximum atomic E-state index is 14.0. The van der Waals surface area contributed by atoms with Crippen LogP contribution in [0.4, 0.5) is 21.8 Å². The second-order valence-electron chi connectivity index (χ2n) is 5.86. The number of hydrogen-bond acceptors (Lipinski definition) is 10. The van der Waals surface area contributed by atoms with Crippen molar-refractivity contribution in [2.45, 2.75) is 0 Å². The summed E-state index contributed by atoms with van der Waals surface area (Å²) in [5, 5.41) is 15.2. The average Bonchev–Trinajstić information content (AvgIpc) is 3.16. The molecule has 11 nitrogen and oxygen atoms in total. The SMILES string of the molecule is O=[N+]([O-])c1cc2c(cc1C=NNc1ncc(F)c(N3CCOCC3)n1)OCO2. The molecular weight excluding hydrogens is 375 g/mol. The van der Waals surface area contributed by atoms with Gasteiger partial charge in [0, 0.05) is 13.1 Å². The Morgan fingerprint density at radius 2 is 2.04 bits per heavy atom. The van der Waals surface area contributed by atoms with Gasteiger partial charge in [-0.2, -0.15) is 10.1 Å². The summed E-state index contributed by atoms with van der Waals surface area (Å²) >= 11 is 0. The molecule has 1 aromatic carbocycles. The van der Waals surface area contributed by atoms with Crippen molar-refractivity contribution < 1.29 is 23.5 Å². The molecule has 0 radical (unpaired) electrons. The zero-order valence-corrected chi connectivity index (χ0v) is 14.5. The van der Waals surface area contributed by atoms with Crippen LogP contribution in [0.5, 0.6) is 11.5 Å². The molecular formula is C16H15FN6O5. The molecule has 3 heterocycles. The lowest BCUT2D eigenvalue weighted by Crippen LogP contribution is -2.37. The minimum atomic E-state index is -0.553. The number of anilines is 2. The molecule has 0 unspecified atom stereocenters. The highest BCUT2D eigenvalue weighted by molar-refractivity contribution is 5.87. The van der Waals surface area contributed by atoms with Crippen LogP contribution in [0.25, 0.3) is 0 Å². The van der Waals surface area contributed by atoms with Gasteiger partial charge in [0.25, 0.3) is 5.69 Å². The molecule has 2 aliphatic rings. The normalized spacial score (nSPS) is 15.8. The predicted octanol–water partition coefficient (Wildman–Crippen LogP) is 1.54. The molecule has 1 aromatic heterocycles. The molecule has 28 heavy (non-hydrogen) atoms. The molecule has 0 amide bonds. The summed E-state index contributed by atoms with van der Waals surface area (Å²) in [7, 11) is 0. The van der Waals surface area contributed by atoms with Crippen LogP contribution in [-0.4, -0.2) is 54.2 Å². The van der Waals surface area contributed by atoms with E-state index in [1.54, 1.807) is 4.90 Å². The van der Waals surface area contributed by atoms with Gasteiger partial charge in [-0.3, -0.25) is 10.1 Å². The summed E-state index contributed by atoms with van der Waals surface area (Å²) in [4.78, 5) is 20.4. The Balaban J connectivity index is 1.53. The number of morpholine rings is 1. The van der Waals surface area contributed by atoms with Gasteiger partial charge in [-0.25, -0.2) is 14.8 Å². The van der Waals surface area contributed by atoms with Gasteiger partial charge >= 0.3 is 0 Å². The fraction of sp³-hybridized carbons (Fsp3) is 0.312. The zero-order chi connectivity index (χ0) is 19.5. The Morgan fingerprint density at radius 3 is 2.79 bits per heavy atom. The highest BCUT2D eigenvalue weighted by atomic mass is 19.1. The highest BCUT2D eigenvalue weighted by Crippen LogP contribution is 2.37. The van der Waals surface area contributed by atoms with Crippen molar-refractivity contribution in [3.05, 3.63) is 39.8 Å². The van der Waals surface area contributed by atoms with E-state index in [1.165, 1.54) is 18.3 Å². The zero-order valence-electron chi connectivity index (χ0n) is 14.5. The van der Waals surface area contributed by atoms with Crippen LogP contribution in [0.3, 0.4) is 0 Å². The smallest absolute Gasteiger partial charge is 0.282 e. The van der Waals surface area contributed by atoms with Gasteiger partial charge in [-0.05, 0) is 6.07 Å². The minimum Gasteiger partial charge on any atom is -0.454 e. The molecule has 0 atom stereocenters. The van der Waals surface area contributed by atoms with E-state index in [-0.39, 0.29) is 29.8 Å². The van der Waals surface area contributed by atoms with E-state index in [0.717, 1.165) is 6.20 Å². The van der Waals surface area contributed by atoms with Gasteiger partial charge in [0.15, 0.2) is 23.1 Å². The second-order valence-corrected chi connectivity index (χ2v) is 5.86. The minimum absolute atomic E-state index is 0.000923. The van der Waals surface area contributed by atoms with Crippen LogP contribution in [0, 0.1) is 15.9 Å². The number of nitrogens with one attached hydrogen (secondary N) is 1. The highest BCUT2D eigenvalue weighted by Gasteiger charge is 2.22. The molecule has 1 fully saturated rings. The number of fused-ring (bicyclic) bond motifs is 1. The van der Waals surface area contributed by atoms with Crippen molar-refractivity contribution in [3.8, 4) is 11.5 Å². The van der Waals surface area contributed by atoms with E-state index in [4.69, 9.17) is 14.2 Å². The van der Waals surface area contributed by atoms with E-state index < -0.39 is 10.7 Å². The first kappa shape index (κ1) is 17.9. The first-order valence-electron chi connectivity index (χ1n) is 8.34. The van der Waals surface area contributed by atoms with Crippen molar-refractivity contribution in [2.24, 2.45) is 5.10 Å². The number of halogens is 1. The monoisotopic (exact) mass is 390 g/mol. The van der Waals surface area contributed by atoms with E-state index in [0.29, 0.717) is 37.8 Å². The van der Waals surface area contributed by atoms with Gasteiger partial charge in [0.05, 0.1) is 42.2 Å². The third-order valence-electron chi connectivity index (χ3n) is 4.12. The van der Waals surface area contributed by atoms with Gasteiger partial charge in [0.1, 0.15) is 0 Å². The van der Waals surface area contributed by atoms with Crippen LogP contribution in [-0.2, 0) is 4.74 Å². The van der Waals surface area contributed by atoms with Gasteiger partial charge in [0.2, 0.25) is 12.7 Å². The van der Waals surface area contributed by atoms with Crippen LogP contribution < -0.4 is 19.8 Å². The van der Waals surface area contributed by atoms with Crippen molar-refractivity contribution in [2.75, 3.05) is 43.4 Å². The van der Waals surface area contributed by atoms with E-state index in [9.17, 15) is 14.5 Å². The summed E-state index contributed by atoms with van der Waals surface area (Å²) in [5.41, 5.74) is 2.58. The summed E-state index contributed by atoms with van der Waals surface area (Å²) in [6.45, 7) is 2.00. The van der Waals surface area contributed by atoms with Crippen molar-refractivity contribution in [1.29, 1.82) is 0 Å². The van der Waals surface area contributed by atoms with Gasteiger partial charge < -0.3 is 19.1 Å². The van der Waals surface area contributed by atoms with Crippen LogP contribution in [0.2, 0.25) is 0 Å². The molecule has 2 aromatic rings. The third-order valence-corrected chi connectivity index (χ3v) is 4.12. The number of nitro groups is 1. The van der Waals surface area contributed by atoms with Crippen molar-refractivity contribution >= 4 is 23.7 Å². The maximum Gasteiger partial charge on any atom is 0.282 e. The fourth-order valence-corrected chi connectivity index (χ4v) is 2.78. The van der Waals surface area contributed by atoms with Crippen LogP contribution in [0.15, 0.2) is 23.4 Å². The molecule has 0 bridgehead atoms. The molecule has 1 N–H and O–H groups in total. The Hall–Kier alpha value is -3.54. The maximum absolute atomic E-state index is 14.0. The van der Waals surface area contributed by atoms with Crippen molar-refractivity contribution in [1.82, 2.24) is 9.97 Å². The Labute approximate surface area is 157 Å². The number of nitro benzene ring substituents is 1. The molecule has 1 saturated heterocycles. The van der Waals surface area contributed by atoms with Gasteiger partial charge in [-0.1, -0.05) is 0 Å². The topological polar surface area (TPSA) is 124 Å². The number of rotatable bonds is 5. The standard InChI is InChI=1S/C16H15FN6O5/c17-11-8-18-16(20-15(11)22-1-3-26-4-2-22)21-19-7-10-5-13-14(28-9-27-13)6-12(10)23(24)25/h5-8H,1-4,9H2,(H,18,20,21). The first-order chi connectivity index (χ1) is 13.6. The third kappa shape index (κ3) is 3.62. The Bertz CT molecular complexity index is 934. The number of aromatic nitrogens is 2. The summed E-state index contributed by atoms with van der Waals surface area (Å²) in [6, 6.07) is 2.73. The van der Waals surface area contributed by atoms with E-state index in [1.807, 2.05) is 0 Å². The fourth-order valence-electron chi connectivity index (χ4n) is 2.78. The second kappa shape index (κ2) is 7.60. The van der Waals surface area contributed by atoms with Crippen LogP contribution in [0.1, 0.15) is 5.56 Å². The molecule has 4 rings (SSSR count). The van der Waals surface area contributed by atoms with Gasteiger partial charge in [-0.15, -0.1) is 0 Å². The lowest BCUT2D eigenvalue weighted by atomic mass is 10.1. The average molecular weight is 390 g/mol. The first-order valence-corrected chi connectivity index (χ1v) is 8.34. The number of ether oxygens (including phenoxy) is 3. The number of nitrogens with zero attached hydrogens (tertiary/aromatic N) is 5. The molecule has 2 aliphatic heterocycles. The number of hydrogen-bond donors (Lipinski definition) is 1.